The fraction of sp³-hybridized carbons (Fsp3) is 0.562. The second-order valence-corrected chi connectivity index (χ2v) is 5.43. The van der Waals surface area contributed by atoms with Gasteiger partial charge in [-0.05, 0) is 25.0 Å². The first-order valence-electron chi connectivity index (χ1n) is 7.34. The molecule has 5 heteroatoms. The van der Waals surface area contributed by atoms with Gasteiger partial charge in [-0.15, -0.1) is 0 Å². The highest BCUT2D eigenvalue weighted by Crippen LogP contribution is 2.39. The number of amides is 1. The van der Waals surface area contributed by atoms with Crippen LogP contribution in [0.4, 0.5) is 0 Å². The molecule has 116 valence electrons. The number of nitrogens with two attached hydrogens (primary N) is 1. The standard InChI is InChI=1S/C16H24N2O3/c1-11(10-17)16(19)18-8-4-5-14(18)13-7-6-12(20-2)9-15(13)21-3/h6-7,9,11,14H,4-5,8,10,17H2,1-3H3. The molecule has 1 heterocycles. The number of rotatable bonds is 5. The van der Waals surface area contributed by atoms with Gasteiger partial charge in [0.15, 0.2) is 0 Å². The van der Waals surface area contributed by atoms with Crippen molar-refractivity contribution in [1.82, 2.24) is 4.90 Å². The van der Waals surface area contributed by atoms with Crippen LogP contribution in [0.3, 0.4) is 0 Å². The van der Waals surface area contributed by atoms with Crippen molar-refractivity contribution >= 4 is 5.91 Å². The maximum Gasteiger partial charge on any atom is 0.227 e. The molecule has 1 aliphatic rings. The van der Waals surface area contributed by atoms with E-state index in [1.54, 1.807) is 14.2 Å². The van der Waals surface area contributed by atoms with Gasteiger partial charge in [-0.3, -0.25) is 4.79 Å². The lowest BCUT2D eigenvalue weighted by molar-refractivity contribution is -0.135. The molecule has 2 N–H and O–H groups in total. The predicted octanol–water partition coefficient (Wildman–Crippen LogP) is 1.96. The quantitative estimate of drug-likeness (QED) is 0.901. The molecule has 1 saturated heterocycles. The number of carbonyl (C=O) groups is 1. The van der Waals surface area contributed by atoms with E-state index in [-0.39, 0.29) is 17.9 Å². The van der Waals surface area contributed by atoms with Crippen LogP contribution in [0.5, 0.6) is 11.5 Å². The zero-order chi connectivity index (χ0) is 15.4. The zero-order valence-corrected chi connectivity index (χ0v) is 13.0. The Bertz CT molecular complexity index is 504. The zero-order valence-electron chi connectivity index (χ0n) is 13.0. The van der Waals surface area contributed by atoms with Gasteiger partial charge in [0.1, 0.15) is 11.5 Å². The SMILES string of the molecule is COc1ccc(C2CCCN2C(=O)C(C)CN)c(OC)c1. The number of ether oxygens (including phenoxy) is 2. The van der Waals surface area contributed by atoms with Gasteiger partial charge in [0.2, 0.25) is 5.91 Å². The van der Waals surface area contributed by atoms with Crippen LogP contribution in [-0.2, 0) is 4.79 Å². The third-order valence-corrected chi connectivity index (χ3v) is 4.11. The average molecular weight is 292 g/mol. The second kappa shape index (κ2) is 6.80. The number of hydrogen-bond donors (Lipinski definition) is 1. The van der Waals surface area contributed by atoms with E-state index in [2.05, 4.69) is 0 Å². The van der Waals surface area contributed by atoms with E-state index >= 15 is 0 Å². The van der Waals surface area contributed by atoms with E-state index < -0.39 is 0 Å². The van der Waals surface area contributed by atoms with Gasteiger partial charge < -0.3 is 20.1 Å². The number of methoxy groups -OCH3 is 2. The van der Waals surface area contributed by atoms with Crippen LogP contribution in [0.2, 0.25) is 0 Å². The summed E-state index contributed by atoms with van der Waals surface area (Å²) in [5.74, 6) is 1.49. The Morgan fingerprint density at radius 3 is 2.81 bits per heavy atom. The molecule has 2 rings (SSSR count). The summed E-state index contributed by atoms with van der Waals surface area (Å²) in [5, 5.41) is 0. The lowest BCUT2D eigenvalue weighted by Gasteiger charge is -2.28. The fourth-order valence-electron chi connectivity index (χ4n) is 2.83. The monoisotopic (exact) mass is 292 g/mol. The highest BCUT2D eigenvalue weighted by molar-refractivity contribution is 5.79. The van der Waals surface area contributed by atoms with Gasteiger partial charge in [0.25, 0.3) is 0 Å². The highest BCUT2D eigenvalue weighted by atomic mass is 16.5. The first-order valence-corrected chi connectivity index (χ1v) is 7.34. The van der Waals surface area contributed by atoms with Gasteiger partial charge in [-0.25, -0.2) is 0 Å². The normalized spacial score (nSPS) is 19.4. The van der Waals surface area contributed by atoms with Crippen LogP contribution in [0.15, 0.2) is 18.2 Å². The van der Waals surface area contributed by atoms with Gasteiger partial charge in [0, 0.05) is 30.6 Å². The summed E-state index contributed by atoms with van der Waals surface area (Å²) < 4.78 is 10.7. The van der Waals surface area contributed by atoms with Crippen molar-refractivity contribution in [3.63, 3.8) is 0 Å². The van der Waals surface area contributed by atoms with Crippen LogP contribution in [-0.4, -0.2) is 38.1 Å². The third-order valence-electron chi connectivity index (χ3n) is 4.11. The molecule has 2 atom stereocenters. The maximum absolute atomic E-state index is 12.5. The van der Waals surface area contributed by atoms with Gasteiger partial charge in [-0.1, -0.05) is 6.92 Å². The number of likely N-dealkylation sites (tertiary alicyclic amines) is 1. The molecule has 0 bridgehead atoms. The molecule has 0 saturated carbocycles. The molecule has 1 fully saturated rings. The van der Waals surface area contributed by atoms with Crippen LogP contribution in [0, 0.1) is 5.92 Å². The molecule has 5 nitrogen and oxygen atoms in total. The number of carbonyl (C=O) groups excluding carboxylic acids is 1. The number of hydrogen-bond acceptors (Lipinski definition) is 4. The van der Waals surface area contributed by atoms with Gasteiger partial charge in [0.05, 0.1) is 20.3 Å². The smallest absolute Gasteiger partial charge is 0.227 e. The molecule has 0 spiro atoms. The lowest BCUT2D eigenvalue weighted by Crippen LogP contribution is -2.37. The largest absolute Gasteiger partial charge is 0.497 e. The molecule has 21 heavy (non-hydrogen) atoms. The van der Waals surface area contributed by atoms with E-state index in [1.807, 2.05) is 30.0 Å². The highest BCUT2D eigenvalue weighted by Gasteiger charge is 2.33. The van der Waals surface area contributed by atoms with Crippen molar-refractivity contribution in [2.45, 2.75) is 25.8 Å². The maximum atomic E-state index is 12.5. The summed E-state index contributed by atoms with van der Waals surface area (Å²) in [6, 6.07) is 5.82. The van der Waals surface area contributed by atoms with E-state index in [4.69, 9.17) is 15.2 Å². The van der Waals surface area contributed by atoms with Crippen LogP contribution in [0.1, 0.15) is 31.4 Å². The molecule has 1 aromatic carbocycles. The minimum atomic E-state index is -0.144. The van der Waals surface area contributed by atoms with E-state index in [0.717, 1.165) is 36.4 Å². The summed E-state index contributed by atoms with van der Waals surface area (Å²) >= 11 is 0. The Labute approximate surface area is 126 Å². The van der Waals surface area contributed by atoms with Gasteiger partial charge in [-0.2, -0.15) is 0 Å². The van der Waals surface area contributed by atoms with E-state index in [1.165, 1.54) is 0 Å². The molecule has 0 radical (unpaired) electrons. The lowest BCUT2D eigenvalue weighted by atomic mass is 10.0. The van der Waals surface area contributed by atoms with E-state index in [0.29, 0.717) is 6.54 Å². The average Bonchev–Trinajstić information content (AvgIpc) is 3.01. The van der Waals surface area contributed by atoms with E-state index in [9.17, 15) is 4.79 Å². The minimum Gasteiger partial charge on any atom is -0.497 e. The van der Waals surface area contributed by atoms with Crippen molar-refractivity contribution < 1.29 is 14.3 Å². The van der Waals surface area contributed by atoms with Crippen molar-refractivity contribution in [3.8, 4) is 11.5 Å². The Morgan fingerprint density at radius 1 is 1.43 bits per heavy atom. The first-order chi connectivity index (χ1) is 10.1. The minimum absolute atomic E-state index is 0.0624. The summed E-state index contributed by atoms with van der Waals surface area (Å²) in [6.45, 7) is 3.04. The Balaban J connectivity index is 2.29. The Morgan fingerprint density at radius 2 is 2.19 bits per heavy atom. The predicted molar refractivity (Wildman–Crippen MR) is 81.5 cm³/mol. The van der Waals surface area contributed by atoms with Crippen molar-refractivity contribution in [2.75, 3.05) is 27.3 Å². The van der Waals surface area contributed by atoms with Gasteiger partial charge >= 0.3 is 0 Å². The Kier molecular flexibility index (Phi) is 5.07. The third kappa shape index (κ3) is 3.13. The van der Waals surface area contributed by atoms with Crippen molar-refractivity contribution in [1.29, 1.82) is 0 Å². The van der Waals surface area contributed by atoms with Crippen molar-refractivity contribution in [2.24, 2.45) is 11.7 Å². The molecule has 0 aromatic heterocycles. The number of benzene rings is 1. The topological polar surface area (TPSA) is 64.8 Å². The molecule has 2 unspecified atom stereocenters. The molecular weight excluding hydrogens is 268 g/mol. The number of nitrogens with zero attached hydrogens (tertiary/aromatic N) is 1. The summed E-state index contributed by atoms with van der Waals surface area (Å²) in [6.07, 6.45) is 1.95. The Hall–Kier alpha value is -1.75. The summed E-state index contributed by atoms with van der Waals surface area (Å²) in [5.41, 5.74) is 6.67. The van der Waals surface area contributed by atoms with Crippen LogP contribution >= 0.6 is 0 Å². The second-order valence-electron chi connectivity index (χ2n) is 5.43. The molecular formula is C16H24N2O3. The molecule has 1 aliphatic heterocycles. The molecule has 1 aromatic rings. The summed E-state index contributed by atoms with van der Waals surface area (Å²) in [4.78, 5) is 14.4. The first kappa shape index (κ1) is 15.6. The fourth-order valence-corrected chi connectivity index (χ4v) is 2.83. The molecule has 0 aliphatic carbocycles. The molecule has 1 amide bonds. The summed E-state index contributed by atoms with van der Waals surface area (Å²) in [7, 11) is 3.27. The van der Waals surface area contributed by atoms with Crippen LogP contribution in [0.25, 0.3) is 0 Å². The van der Waals surface area contributed by atoms with Crippen molar-refractivity contribution in [3.05, 3.63) is 23.8 Å². The van der Waals surface area contributed by atoms with Crippen LogP contribution < -0.4 is 15.2 Å².